The van der Waals surface area contributed by atoms with Gasteiger partial charge in [0.05, 0.1) is 6.20 Å². The Hall–Kier alpha value is -0.310. The second-order valence-corrected chi connectivity index (χ2v) is 5.22. The van der Waals surface area contributed by atoms with Crippen molar-refractivity contribution in [2.45, 2.75) is 0 Å². The minimum atomic E-state index is 0.378. The molecule has 2 rings (SSSR count). The van der Waals surface area contributed by atoms with Gasteiger partial charge in [-0.3, -0.25) is 0 Å². The number of anilines is 1. The molecule has 2 aromatic heterocycles. The van der Waals surface area contributed by atoms with Crippen LogP contribution in [0.5, 0.6) is 0 Å². The average molecular weight is 307 g/mol. The zero-order valence-corrected chi connectivity index (χ0v) is 10.7. The number of nitrogens with zero attached hydrogens (tertiary/aromatic N) is 3. The van der Waals surface area contributed by atoms with Gasteiger partial charge >= 0.3 is 0 Å². The third-order valence-electron chi connectivity index (χ3n) is 1.31. The molecule has 0 aliphatic heterocycles. The van der Waals surface area contributed by atoms with E-state index in [1.807, 2.05) is 0 Å². The molecule has 0 bridgehead atoms. The number of thiocarbonyl (C=S) groups is 1. The summed E-state index contributed by atoms with van der Waals surface area (Å²) in [4.78, 5) is 13.2. The highest BCUT2D eigenvalue weighted by molar-refractivity contribution is 9.10. The summed E-state index contributed by atoms with van der Waals surface area (Å²) >= 11 is 13.3. The molecule has 2 heterocycles. The number of rotatable bonds is 1. The van der Waals surface area contributed by atoms with Gasteiger partial charge in [-0.15, -0.1) is 12.6 Å². The van der Waals surface area contributed by atoms with Gasteiger partial charge in [-0.1, -0.05) is 23.6 Å². The van der Waals surface area contributed by atoms with Crippen molar-refractivity contribution in [3.05, 3.63) is 10.8 Å². The maximum Gasteiger partial charge on any atom is 0.192 e. The predicted molar refractivity (Wildman–Crippen MR) is 68.1 cm³/mol. The number of hydrogen-bond donors (Lipinski definition) is 2. The third-order valence-corrected chi connectivity index (χ3v) is 2.77. The normalized spacial score (nSPS) is 10.4. The van der Waals surface area contributed by atoms with Gasteiger partial charge in [-0.25, -0.2) is 9.97 Å². The van der Waals surface area contributed by atoms with Crippen LogP contribution < -0.4 is 5.32 Å². The van der Waals surface area contributed by atoms with Crippen LogP contribution in [0.15, 0.2) is 10.8 Å². The van der Waals surface area contributed by atoms with E-state index in [1.54, 1.807) is 6.20 Å². The van der Waals surface area contributed by atoms with Crippen LogP contribution in [-0.2, 0) is 0 Å². The Balaban J connectivity index is 2.46. The number of halogens is 1. The molecule has 0 aromatic carbocycles. The maximum atomic E-state index is 4.78. The largest absolute Gasteiger partial charge is 0.317 e. The molecule has 0 saturated heterocycles. The van der Waals surface area contributed by atoms with Gasteiger partial charge < -0.3 is 5.32 Å². The van der Waals surface area contributed by atoms with Crippen molar-refractivity contribution in [1.29, 1.82) is 0 Å². The summed E-state index contributed by atoms with van der Waals surface area (Å²) in [7, 11) is 0. The molecule has 0 saturated carbocycles. The van der Waals surface area contributed by atoms with Crippen LogP contribution in [0, 0.1) is 0 Å². The van der Waals surface area contributed by atoms with Crippen molar-refractivity contribution in [2.24, 2.45) is 0 Å². The first-order chi connectivity index (χ1) is 6.65. The van der Waals surface area contributed by atoms with Crippen LogP contribution in [0.25, 0.3) is 10.5 Å². The lowest BCUT2D eigenvalue weighted by Crippen LogP contribution is -1.99. The van der Waals surface area contributed by atoms with Crippen molar-refractivity contribution >= 4 is 72.0 Å². The molecule has 2 aromatic rings. The zero-order valence-electron chi connectivity index (χ0n) is 6.56. The van der Waals surface area contributed by atoms with Crippen LogP contribution in [0.1, 0.15) is 0 Å². The van der Waals surface area contributed by atoms with Crippen LogP contribution >= 0.6 is 52.1 Å². The highest BCUT2D eigenvalue weighted by Gasteiger charge is 2.06. The van der Waals surface area contributed by atoms with E-state index in [-0.39, 0.29) is 0 Å². The molecule has 0 unspecified atom stereocenters. The Labute approximate surface area is 103 Å². The van der Waals surface area contributed by atoms with E-state index in [0.29, 0.717) is 19.7 Å². The molecule has 0 atom stereocenters. The molecule has 0 aliphatic rings. The van der Waals surface area contributed by atoms with Gasteiger partial charge in [0.15, 0.2) is 15.6 Å². The molecule has 72 valence electrons. The van der Waals surface area contributed by atoms with E-state index in [2.05, 4.69) is 48.8 Å². The van der Waals surface area contributed by atoms with Crippen molar-refractivity contribution in [3.8, 4) is 0 Å². The topological polar surface area (TPSA) is 50.7 Å². The quantitative estimate of drug-likeness (QED) is 0.626. The van der Waals surface area contributed by atoms with Gasteiger partial charge in [0.25, 0.3) is 0 Å². The fourth-order valence-corrected chi connectivity index (χ4v) is 2.22. The first-order valence-electron chi connectivity index (χ1n) is 3.44. The van der Waals surface area contributed by atoms with E-state index in [0.717, 1.165) is 4.83 Å². The van der Waals surface area contributed by atoms with Crippen molar-refractivity contribution in [2.75, 3.05) is 5.32 Å². The highest BCUT2D eigenvalue weighted by Crippen LogP contribution is 2.23. The number of thiol groups is 1. The van der Waals surface area contributed by atoms with Crippen LogP contribution in [-0.4, -0.2) is 19.3 Å². The second kappa shape index (κ2) is 4.05. The summed E-state index contributed by atoms with van der Waals surface area (Å²) in [6.07, 6.45) is 1.63. The lowest BCUT2D eigenvalue weighted by molar-refractivity contribution is 1.23. The molecule has 0 spiro atoms. The smallest absolute Gasteiger partial charge is 0.192 e. The highest BCUT2D eigenvalue weighted by atomic mass is 79.9. The fourth-order valence-electron chi connectivity index (χ4n) is 0.848. The monoisotopic (exact) mass is 306 g/mol. The van der Waals surface area contributed by atoms with Crippen molar-refractivity contribution < 1.29 is 0 Å². The van der Waals surface area contributed by atoms with Gasteiger partial charge in [0.2, 0.25) is 0 Å². The molecular weight excluding hydrogens is 304 g/mol. The lowest BCUT2D eigenvalue weighted by atomic mass is 10.7. The molecule has 1 N–H and O–H groups in total. The number of thiazole rings is 1. The van der Waals surface area contributed by atoms with Gasteiger partial charge in [-0.2, -0.15) is 4.98 Å². The van der Waals surface area contributed by atoms with Gasteiger partial charge in [0, 0.05) is 0 Å². The molecule has 0 aliphatic carbocycles. The first-order valence-corrected chi connectivity index (χ1v) is 5.90. The van der Waals surface area contributed by atoms with E-state index in [4.69, 9.17) is 12.2 Å². The second-order valence-electron chi connectivity index (χ2n) is 2.27. The minimum Gasteiger partial charge on any atom is -0.317 e. The predicted octanol–water partition coefficient (Wildman–Crippen LogP) is 2.48. The van der Waals surface area contributed by atoms with Crippen molar-refractivity contribution in [3.63, 3.8) is 0 Å². The van der Waals surface area contributed by atoms with E-state index >= 15 is 0 Å². The van der Waals surface area contributed by atoms with E-state index in [9.17, 15) is 0 Å². The van der Waals surface area contributed by atoms with Gasteiger partial charge in [-0.05, 0) is 15.9 Å². The molecule has 4 nitrogen and oxygen atoms in total. The number of nitrogens with one attached hydrogen (secondary N) is 1. The Bertz CT molecular complexity index is 497. The Morgan fingerprint density at radius 1 is 1.57 bits per heavy atom. The fraction of sp³-hybridized carbons (Fsp3) is 0. The van der Waals surface area contributed by atoms with Crippen LogP contribution in [0.4, 0.5) is 5.13 Å². The van der Waals surface area contributed by atoms with Crippen LogP contribution in [0.3, 0.4) is 0 Å². The van der Waals surface area contributed by atoms with Crippen LogP contribution in [0.2, 0.25) is 0 Å². The summed E-state index contributed by atoms with van der Waals surface area (Å²) in [6.45, 7) is 0. The number of fused-ring (bicyclic) bond motifs is 1. The van der Waals surface area contributed by atoms with E-state index < -0.39 is 0 Å². The van der Waals surface area contributed by atoms with Crippen molar-refractivity contribution in [1.82, 2.24) is 15.0 Å². The number of hydrogen-bond acceptors (Lipinski definition) is 5. The molecule has 0 fully saturated rings. The minimum absolute atomic E-state index is 0.378. The summed E-state index contributed by atoms with van der Waals surface area (Å²) in [5, 5.41) is 3.47. The number of aromatic nitrogens is 3. The SMILES string of the molecule is S=C(S)Nc1nc2nc(Br)cnc2s1. The Morgan fingerprint density at radius 3 is 3.07 bits per heavy atom. The summed E-state index contributed by atoms with van der Waals surface area (Å²) < 4.78 is 1.04. The Kier molecular flexibility index (Phi) is 2.96. The zero-order chi connectivity index (χ0) is 10.1. The summed E-state index contributed by atoms with van der Waals surface area (Å²) in [5.41, 5.74) is 0.594. The van der Waals surface area contributed by atoms with Gasteiger partial charge in [0.1, 0.15) is 8.92 Å². The Morgan fingerprint density at radius 2 is 2.36 bits per heavy atom. The first kappa shape index (κ1) is 10.2. The standard InChI is InChI=1S/C6H3BrN4S3/c7-2-1-8-4-3(9-2)10-5(14-4)11-6(12)13/h1H,(H2,9,10,11,12,13). The lowest BCUT2D eigenvalue weighted by Gasteiger charge is -1.93. The average Bonchev–Trinajstić information content (AvgIpc) is 2.44. The third kappa shape index (κ3) is 2.19. The molecule has 0 amide bonds. The van der Waals surface area contributed by atoms with E-state index in [1.165, 1.54) is 11.3 Å². The maximum absolute atomic E-state index is 4.78. The molecule has 14 heavy (non-hydrogen) atoms. The summed E-state index contributed by atoms with van der Waals surface area (Å²) in [6, 6.07) is 0. The molecular formula is C6H3BrN4S3. The summed E-state index contributed by atoms with van der Waals surface area (Å²) in [5.74, 6) is 0. The molecule has 0 radical (unpaired) electrons. The molecule has 8 heteroatoms.